The topological polar surface area (TPSA) is 125 Å². The van der Waals surface area contributed by atoms with Gasteiger partial charge in [0.25, 0.3) is 0 Å². The van der Waals surface area contributed by atoms with Crippen LogP contribution in [0.25, 0.3) is 11.4 Å². The third-order valence-electron chi connectivity index (χ3n) is 16.8. The lowest BCUT2D eigenvalue weighted by Crippen LogP contribution is -2.70. The summed E-state index contributed by atoms with van der Waals surface area (Å²) in [5.41, 5.74) is 6.36. The van der Waals surface area contributed by atoms with E-state index in [1.807, 2.05) is 4.68 Å². The van der Waals surface area contributed by atoms with Crippen LogP contribution in [0.1, 0.15) is 114 Å². The van der Waals surface area contributed by atoms with E-state index in [-0.39, 0.29) is 52.1 Å². The first kappa shape index (κ1) is 38.6. The maximum atomic E-state index is 15.4. The molecule has 0 spiro atoms. The number of carbonyl (C=O) groups is 1. The zero-order valence-corrected chi connectivity index (χ0v) is 33.8. The molecule has 2 aromatic rings. The van der Waals surface area contributed by atoms with Gasteiger partial charge in [0.1, 0.15) is 6.33 Å². The second-order valence-corrected chi connectivity index (χ2v) is 19.9. The Morgan fingerprint density at radius 1 is 1.13 bits per heavy atom. The van der Waals surface area contributed by atoms with Gasteiger partial charge in [-0.05, 0) is 103 Å². The Labute approximate surface area is 316 Å². The summed E-state index contributed by atoms with van der Waals surface area (Å²) in [6.45, 7) is 23.8. The van der Waals surface area contributed by atoms with E-state index in [1.54, 1.807) is 12.3 Å². The molecule has 0 amide bonds. The van der Waals surface area contributed by atoms with Crippen molar-refractivity contribution in [2.75, 3.05) is 19.8 Å². The van der Waals surface area contributed by atoms with Crippen molar-refractivity contribution in [3.63, 3.8) is 0 Å². The lowest BCUT2D eigenvalue weighted by molar-refractivity contribution is -0.254. The molecule has 2 aromatic heterocycles. The standard InChI is InChI=1S/C43H64FN5O4/c1-25(2)27(5)39(7)16-17-40(8)29-11-12-33-38(6)19-32(49-36(47-24-48-49)28-14-18-46-20-31(28)44)35(53-22-42(10,45)26(3)4)43(33,23-52-21-38)30(29)13-15-41(40,9)34(39)37(50)51/h13-14,18,20,24-27,29,32-35H,11-12,15-17,19,21-23,45H2,1-10H3,(H,50,51)/t27-,29+,32-,33-,34-,35+,38-,39-,40-,41+,42+,43+/m1/s1. The van der Waals surface area contributed by atoms with Crippen LogP contribution in [0.2, 0.25) is 0 Å². The number of hydrogen-bond acceptors (Lipinski definition) is 7. The lowest BCUT2D eigenvalue weighted by atomic mass is 9.34. The second kappa shape index (κ2) is 12.9. The SMILES string of the molecule is CC(C)[C@@H](C)[C@@]1(C)CC[C@]2(C)[C@H]3CC[C@@H]4[C@@]5(C)COC[C@@]4(C3=CC[C@@]2(C)[C@@H]1C(=O)O)[C@@H](OC[C@](C)(N)C(C)C)[C@H](n1ncnc1-c1ccncc1F)C5. The molecule has 0 aromatic carbocycles. The van der Waals surface area contributed by atoms with Crippen LogP contribution in [0.4, 0.5) is 4.39 Å². The van der Waals surface area contributed by atoms with Crippen LogP contribution in [0, 0.1) is 68.4 Å². The highest BCUT2D eigenvalue weighted by atomic mass is 19.1. The fourth-order valence-electron chi connectivity index (χ4n) is 12.8. The van der Waals surface area contributed by atoms with Gasteiger partial charge in [0.05, 0.1) is 49.6 Å². The quantitative estimate of drug-likeness (QED) is 0.247. The number of nitrogens with two attached hydrogens (primary N) is 1. The molecule has 3 heterocycles. The Bertz CT molecular complexity index is 1760. The number of hydrogen-bond donors (Lipinski definition) is 2. The molecule has 3 N–H and O–H groups in total. The summed E-state index contributed by atoms with van der Waals surface area (Å²) in [5.74, 6) is 0.132. The first-order chi connectivity index (χ1) is 24.8. The fourth-order valence-corrected chi connectivity index (χ4v) is 12.8. The van der Waals surface area contributed by atoms with Crippen molar-refractivity contribution < 1.29 is 23.8 Å². The number of carboxylic acids is 1. The van der Waals surface area contributed by atoms with E-state index in [2.05, 4.69) is 85.3 Å². The molecule has 53 heavy (non-hydrogen) atoms. The average Bonchev–Trinajstić information content (AvgIpc) is 3.57. The number of aliphatic carboxylic acids is 1. The molecular weight excluding hydrogens is 670 g/mol. The average molecular weight is 734 g/mol. The van der Waals surface area contributed by atoms with E-state index < -0.39 is 34.1 Å². The number of fused-ring (bicyclic) bond motifs is 3. The summed E-state index contributed by atoms with van der Waals surface area (Å²) in [4.78, 5) is 22.2. The molecule has 9 nitrogen and oxygen atoms in total. The van der Waals surface area contributed by atoms with Gasteiger partial charge in [0, 0.05) is 17.2 Å². The molecule has 5 aliphatic rings. The molecule has 12 atom stereocenters. The van der Waals surface area contributed by atoms with Crippen LogP contribution in [-0.4, -0.2) is 62.3 Å². The van der Waals surface area contributed by atoms with Gasteiger partial charge in [-0.1, -0.05) is 74.0 Å². The van der Waals surface area contributed by atoms with Gasteiger partial charge in [0.2, 0.25) is 0 Å². The minimum atomic E-state index is -0.664. The Hall–Kier alpha value is -2.69. The minimum Gasteiger partial charge on any atom is -0.481 e. The van der Waals surface area contributed by atoms with Gasteiger partial charge in [-0.2, -0.15) is 5.10 Å². The van der Waals surface area contributed by atoms with Crippen molar-refractivity contribution in [1.29, 1.82) is 0 Å². The number of halogens is 1. The molecule has 1 aliphatic heterocycles. The summed E-state index contributed by atoms with van der Waals surface area (Å²) in [7, 11) is 0. The number of nitrogens with zero attached hydrogens (tertiary/aromatic N) is 4. The van der Waals surface area contributed by atoms with Crippen LogP contribution in [0.5, 0.6) is 0 Å². The third-order valence-corrected chi connectivity index (χ3v) is 16.8. The summed E-state index contributed by atoms with van der Waals surface area (Å²) in [6, 6.07) is 1.39. The summed E-state index contributed by atoms with van der Waals surface area (Å²) < 4.78 is 31.4. The van der Waals surface area contributed by atoms with E-state index in [0.717, 1.165) is 32.1 Å². The van der Waals surface area contributed by atoms with Crippen molar-refractivity contribution in [3.05, 3.63) is 42.3 Å². The van der Waals surface area contributed by atoms with Gasteiger partial charge in [-0.3, -0.25) is 9.78 Å². The fraction of sp³-hybridized carbons (Fsp3) is 0.767. The highest BCUT2D eigenvalue weighted by molar-refractivity contribution is 5.73. The number of pyridine rings is 1. The Kier molecular flexibility index (Phi) is 9.42. The normalized spacial score (nSPS) is 41.2. The highest BCUT2D eigenvalue weighted by Gasteiger charge is 2.72. The van der Waals surface area contributed by atoms with Crippen molar-refractivity contribution in [1.82, 2.24) is 19.7 Å². The molecule has 4 aliphatic carbocycles. The molecule has 3 saturated carbocycles. The molecule has 0 unspecified atom stereocenters. The number of ether oxygens (including phenoxy) is 2. The van der Waals surface area contributed by atoms with E-state index in [0.29, 0.717) is 43.5 Å². The Morgan fingerprint density at radius 2 is 1.87 bits per heavy atom. The van der Waals surface area contributed by atoms with Gasteiger partial charge >= 0.3 is 5.97 Å². The Balaban J connectivity index is 1.41. The zero-order valence-electron chi connectivity index (χ0n) is 33.8. The predicted molar refractivity (Wildman–Crippen MR) is 203 cm³/mol. The first-order valence-corrected chi connectivity index (χ1v) is 20.2. The van der Waals surface area contributed by atoms with E-state index >= 15 is 4.39 Å². The van der Waals surface area contributed by atoms with Gasteiger partial charge < -0.3 is 20.3 Å². The molecule has 2 bridgehead atoms. The second-order valence-electron chi connectivity index (χ2n) is 19.9. The van der Waals surface area contributed by atoms with Gasteiger partial charge in [0.15, 0.2) is 11.6 Å². The molecule has 0 radical (unpaired) electrons. The molecular formula is C43H64FN5O4. The molecule has 292 valence electrons. The van der Waals surface area contributed by atoms with Crippen molar-refractivity contribution in [2.24, 2.45) is 68.3 Å². The number of rotatable bonds is 9. The van der Waals surface area contributed by atoms with Crippen molar-refractivity contribution in [2.45, 2.75) is 125 Å². The monoisotopic (exact) mass is 733 g/mol. The van der Waals surface area contributed by atoms with Crippen LogP contribution >= 0.6 is 0 Å². The van der Waals surface area contributed by atoms with Crippen LogP contribution < -0.4 is 5.73 Å². The largest absolute Gasteiger partial charge is 0.481 e. The summed E-state index contributed by atoms with van der Waals surface area (Å²) >= 11 is 0. The maximum Gasteiger partial charge on any atom is 0.307 e. The van der Waals surface area contributed by atoms with Gasteiger partial charge in [-0.15, -0.1) is 0 Å². The summed E-state index contributed by atoms with van der Waals surface area (Å²) in [5, 5.41) is 16.0. The highest BCUT2D eigenvalue weighted by Crippen LogP contribution is 2.75. The van der Waals surface area contributed by atoms with Crippen molar-refractivity contribution in [3.8, 4) is 11.4 Å². The smallest absolute Gasteiger partial charge is 0.307 e. The van der Waals surface area contributed by atoms with Crippen LogP contribution in [-0.2, 0) is 14.3 Å². The van der Waals surface area contributed by atoms with E-state index in [9.17, 15) is 9.90 Å². The zero-order chi connectivity index (χ0) is 38.5. The van der Waals surface area contributed by atoms with Crippen LogP contribution in [0.3, 0.4) is 0 Å². The van der Waals surface area contributed by atoms with Gasteiger partial charge in [-0.25, -0.2) is 14.1 Å². The molecule has 4 fully saturated rings. The first-order valence-electron chi connectivity index (χ1n) is 20.2. The minimum absolute atomic E-state index is 0.163. The summed E-state index contributed by atoms with van der Waals surface area (Å²) in [6.07, 6.45) is 11.7. The maximum absolute atomic E-state index is 15.4. The van der Waals surface area contributed by atoms with E-state index in [4.69, 9.17) is 20.3 Å². The van der Waals surface area contributed by atoms with Crippen molar-refractivity contribution >= 4 is 5.97 Å². The predicted octanol–water partition coefficient (Wildman–Crippen LogP) is 8.37. The molecule has 10 heteroatoms. The lowest BCUT2D eigenvalue weighted by Gasteiger charge is -2.71. The van der Waals surface area contributed by atoms with Crippen LogP contribution in [0.15, 0.2) is 36.4 Å². The number of allylic oxidation sites excluding steroid dienone is 1. The third kappa shape index (κ3) is 5.45. The number of aromatic nitrogens is 4. The molecule has 1 saturated heterocycles. The Morgan fingerprint density at radius 3 is 2.53 bits per heavy atom. The number of carboxylic acid groups (broad SMARTS) is 1. The molecule has 7 rings (SSSR count). The van der Waals surface area contributed by atoms with E-state index in [1.165, 1.54) is 18.1 Å².